The van der Waals surface area contributed by atoms with E-state index >= 15 is 0 Å². The molecule has 1 atom stereocenters. The van der Waals surface area contributed by atoms with Gasteiger partial charge >= 0.3 is 0 Å². The first-order valence-electron chi connectivity index (χ1n) is 10.0. The lowest BCUT2D eigenvalue weighted by molar-refractivity contribution is 0.140. The molecule has 2 aromatic rings. The first-order valence-corrected chi connectivity index (χ1v) is 11.2. The van der Waals surface area contributed by atoms with Gasteiger partial charge in [0.1, 0.15) is 5.75 Å². The third kappa shape index (κ3) is 7.51. The summed E-state index contributed by atoms with van der Waals surface area (Å²) >= 11 is 7.64. The van der Waals surface area contributed by atoms with Gasteiger partial charge in [-0.1, -0.05) is 23.7 Å². The Balaban J connectivity index is 2.09. The molecular formula is C23H33ClN4OS. The standard InChI is InChI=1S/C23H33ClN4OS/c1-8-27(6)16-25-21-13-18(3)22(14-17(21)2)29-23(26(4)5)30-28(7)15-19-9-11-20(24)12-10-19/h9-14,16,23H,8,15H2,1-7H3/b25-16+. The van der Waals surface area contributed by atoms with Crippen molar-refractivity contribution < 1.29 is 4.74 Å². The molecule has 7 heteroatoms. The van der Waals surface area contributed by atoms with Crippen molar-refractivity contribution >= 4 is 35.6 Å². The van der Waals surface area contributed by atoms with Crippen LogP contribution in [-0.4, -0.2) is 60.7 Å². The maximum Gasteiger partial charge on any atom is 0.214 e. The largest absolute Gasteiger partial charge is 0.464 e. The molecule has 0 heterocycles. The van der Waals surface area contributed by atoms with Crippen molar-refractivity contribution in [1.29, 1.82) is 0 Å². The van der Waals surface area contributed by atoms with E-state index in [4.69, 9.17) is 16.3 Å². The number of halogens is 1. The summed E-state index contributed by atoms with van der Waals surface area (Å²) in [5.74, 6) is 0.876. The molecule has 0 aliphatic heterocycles. The van der Waals surface area contributed by atoms with E-state index in [1.807, 2.05) is 51.7 Å². The lowest BCUT2D eigenvalue weighted by Crippen LogP contribution is -2.33. The van der Waals surface area contributed by atoms with Crippen LogP contribution in [0.15, 0.2) is 41.4 Å². The highest BCUT2D eigenvalue weighted by atomic mass is 35.5. The van der Waals surface area contributed by atoms with E-state index in [0.717, 1.165) is 40.7 Å². The highest BCUT2D eigenvalue weighted by Crippen LogP contribution is 2.31. The lowest BCUT2D eigenvalue weighted by atomic mass is 10.1. The Bertz CT molecular complexity index is 842. The summed E-state index contributed by atoms with van der Waals surface area (Å²) in [7, 11) is 8.13. The molecule has 0 amide bonds. The average molecular weight is 449 g/mol. The number of rotatable bonds is 10. The molecule has 0 saturated heterocycles. The predicted octanol–water partition coefficient (Wildman–Crippen LogP) is 5.57. The van der Waals surface area contributed by atoms with Gasteiger partial charge in [0.2, 0.25) is 5.56 Å². The maximum atomic E-state index is 6.38. The van der Waals surface area contributed by atoms with Crippen LogP contribution in [0.5, 0.6) is 5.75 Å². The monoisotopic (exact) mass is 448 g/mol. The zero-order chi connectivity index (χ0) is 22.3. The molecule has 2 rings (SSSR count). The third-order valence-electron chi connectivity index (χ3n) is 4.62. The number of aliphatic imine (C=N–C) groups is 1. The Morgan fingerprint density at radius 2 is 1.73 bits per heavy atom. The normalized spacial score (nSPS) is 12.7. The van der Waals surface area contributed by atoms with Crippen molar-refractivity contribution in [3.63, 3.8) is 0 Å². The van der Waals surface area contributed by atoms with Gasteiger partial charge in [-0.05, 0) is 94.8 Å². The van der Waals surface area contributed by atoms with E-state index < -0.39 is 0 Å². The van der Waals surface area contributed by atoms with Crippen LogP contribution in [-0.2, 0) is 6.54 Å². The second-order valence-corrected chi connectivity index (χ2v) is 9.30. The molecule has 5 nitrogen and oxygen atoms in total. The molecule has 0 spiro atoms. The molecule has 164 valence electrons. The van der Waals surface area contributed by atoms with Crippen LogP contribution in [0.25, 0.3) is 0 Å². The number of nitrogens with zero attached hydrogens (tertiary/aromatic N) is 4. The molecule has 0 radical (unpaired) electrons. The molecule has 1 unspecified atom stereocenters. The number of ether oxygens (including phenoxy) is 1. The number of benzene rings is 2. The summed E-state index contributed by atoms with van der Waals surface area (Å²) in [6, 6.07) is 12.1. The van der Waals surface area contributed by atoms with Gasteiger partial charge in [-0.25, -0.2) is 9.30 Å². The summed E-state index contributed by atoms with van der Waals surface area (Å²) in [5, 5.41) is 0.753. The van der Waals surface area contributed by atoms with Crippen LogP contribution in [0.1, 0.15) is 23.6 Å². The van der Waals surface area contributed by atoms with Crippen LogP contribution in [0, 0.1) is 13.8 Å². The number of hydrogen-bond donors (Lipinski definition) is 0. The molecule has 0 saturated carbocycles. The van der Waals surface area contributed by atoms with Crippen molar-refractivity contribution in [1.82, 2.24) is 14.1 Å². The Kier molecular flexibility index (Phi) is 9.49. The quantitative estimate of drug-likeness (QED) is 0.205. The molecule has 0 aliphatic rings. The number of aryl methyl sites for hydroxylation is 2. The zero-order valence-electron chi connectivity index (χ0n) is 19.0. The van der Waals surface area contributed by atoms with Gasteiger partial charge in [0, 0.05) is 25.2 Å². The van der Waals surface area contributed by atoms with Gasteiger partial charge < -0.3 is 9.64 Å². The van der Waals surface area contributed by atoms with Crippen molar-refractivity contribution in [2.45, 2.75) is 32.9 Å². The number of hydrogen-bond acceptors (Lipinski definition) is 5. The lowest BCUT2D eigenvalue weighted by Gasteiger charge is -2.29. The molecular weight excluding hydrogens is 416 g/mol. The van der Waals surface area contributed by atoms with Crippen LogP contribution >= 0.6 is 23.5 Å². The van der Waals surface area contributed by atoms with Gasteiger partial charge in [0.05, 0.1) is 12.0 Å². The predicted molar refractivity (Wildman–Crippen MR) is 131 cm³/mol. The van der Waals surface area contributed by atoms with Crippen molar-refractivity contribution in [3.8, 4) is 5.75 Å². The summed E-state index contributed by atoms with van der Waals surface area (Å²) in [6.07, 6.45) is 1.87. The topological polar surface area (TPSA) is 31.3 Å². The summed E-state index contributed by atoms with van der Waals surface area (Å²) in [6.45, 7) is 7.95. The zero-order valence-corrected chi connectivity index (χ0v) is 20.6. The highest BCUT2D eigenvalue weighted by molar-refractivity contribution is 7.97. The Morgan fingerprint density at radius 3 is 2.33 bits per heavy atom. The van der Waals surface area contributed by atoms with E-state index in [1.54, 1.807) is 11.9 Å². The second kappa shape index (κ2) is 11.6. The summed E-state index contributed by atoms with van der Waals surface area (Å²) < 4.78 is 8.56. The molecule has 0 bridgehead atoms. The van der Waals surface area contributed by atoms with E-state index in [0.29, 0.717) is 0 Å². The average Bonchev–Trinajstić information content (AvgIpc) is 2.70. The Hall–Kier alpha value is -1.73. The first kappa shape index (κ1) is 24.5. The fraction of sp³-hybridized carbons (Fsp3) is 0.435. The van der Waals surface area contributed by atoms with Gasteiger partial charge in [-0.2, -0.15) is 0 Å². The van der Waals surface area contributed by atoms with Crippen LogP contribution in [0.3, 0.4) is 0 Å². The van der Waals surface area contributed by atoms with Crippen molar-refractivity contribution in [2.24, 2.45) is 4.99 Å². The van der Waals surface area contributed by atoms with Crippen LogP contribution in [0.4, 0.5) is 5.69 Å². The van der Waals surface area contributed by atoms with E-state index in [-0.39, 0.29) is 5.56 Å². The van der Waals surface area contributed by atoms with Crippen molar-refractivity contribution in [3.05, 3.63) is 58.1 Å². The minimum absolute atomic E-state index is 0.152. The smallest absolute Gasteiger partial charge is 0.214 e. The van der Waals surface area contributed by atoms with E-state index in [9.17, 15) is 0 Å². The minimum atomic E-state index is -0.152. The van der Waals surface area contributed by atoms with Gasteiger partial charge in [0.25, 0.3) is 0 Å². The summed E-state index contributed by atoms with van der Waals surface area (Å²) in [4.78, 5) is 8.73. The fourth-order valence-corrected chi connectivity index (χ4v) is 3.64. The van der Waals surface area contributed by atoms with E-state index in [2.05, 4.69) is 59.0 Å². The molecule has 0 N–H and O–H groups in total. The SMILES string of the molecule is CCN(C)/C=N/c1cc(C)c(OC(SN(C)Cc2ccc(Cl)cc2)N(C)C)cc1C. The van der Waals surface area contributed by atoms with Crippen LogP contribution in [0.2, 0.25) is 5.02 Å². The van der Waals surface area contributed by atoms with Crippen molar-refractivity contribution in [2.75, 3.05) is 34.7 Å². The fourth-order valence-electron chi connectivity index (χ4n) is 2.65. The highest BCUT2D eigenvalue weighted by Gasteiger charge is 2.19. The first-order chi connectivity index (χ1) is 14.2. The Labute approximate surface area is 190 Å². The second-order valence-electron chi connectivity index (χ2n) is 7.63. The molecule has 2 aromatic carbocycles. The minimum Gasteiger partial charge on any atom is -0.464 e. The van der Waals surface area contributed by atoms with Gasteiger partial charge in [-0.15, -0.1) is 0 Å². The summed E-state index contributed by atoms with van der Waals surface area (Å²) in [5.41, 5.74) is 4.18. The molecule has 0 aromatic heterocycles. The van der Waals surface area contributed by atoms with Gasteiger partial charge in [0.15, 0.2) is 0 Å². The molecule has 0 aliphatic carbocycles. The van der Waals surface area contributed by atoms with Crippen LogP contribution < -0.4 is 4.74 Å². The van der Waals surface area contributed by atoms with Gasteiger partial charge in [-0.3, -0.25) is 4.90 Å². The molecule has 0 fully saturated rings. The maximum absolute atomic E-state index is 6.38. The third-order valence-corrected chi connectivity index (χ3v) is 6.06. The van der Waals surface area contributed by atoms with E-state index in [1.165, 1.54) is 5.56 Å². The Morgan fingerprint density at radius 1 is 1.07 bits per heavy atom. The molecule has 30 heavy (non-hydrogen) atoms.